The summed E-state index contributed by atoms with van der Waals surface area (Å²) in [4.78, 5) is 30.6. The lowest BCUT2D eigenvalue weighted by Gasteiger charge is -2.18. The van der Waals surface area contributed by atoms with Crippen molar-refractivity contribution in [1.29, 1.82) is 0 Å². The van der Waals surface area contributed by atoms with Crippen LogP contribution in [-0.2, 0) is 16.0 Å². The van der Waals surface area contributed by atoms with Crippen molar-refractivity contribution in [3.8, 4) is 5.75 Å². The maximum absolute atomic E-state index is 13.4. The number of methoxy groups -OCH3 is 2. The number of fused-ring (bicyclic) bond motifs is 2. The summed E-state index contributed by atoms with van der Waals surface area (Å²) in [6, 6.07) is 21.5. The van der Waals surface area contributed by atoms with E-state index in [0.29, 0.717) is 22.3 Å². The van der Waals surface area contributed by atoms with E-state index in [0.717, 1.165) is 16.3 Å². The molecule has 31 heavy (non-hydrogen) atoms. The molecule has 156 valence electrons. The van der Waals surface area contributed by atoms with Crippen molar-refractivity contribution >= 4 is 33.7 Å². The molecule has 1 heterocycles. The van der Waals surface area contributed by atoms with Gasteiger partial charge in [0.15, 0.2) is 0 Å². The second-order valence-electron chi connectivity index (χ2n) is 7.13. The number of ether oxygens (including phenoxy) is 2. The molecule has 0 radical (unpaired) electrons. The smallest absolute Gasteiger partial charge is 0.328 e. The van der Waals surface area contributed by atoms with Crippen LogP contribution in [0.3, 0.4) is 0 Å². The highest BCUT2D eigenvalue weighted by molar-refractivity contribution is 6.16. The molecule has 0 saturated carbocycles. The summed E-state index contributed by atoms with van der Waals surface area (Å²) in [7, 11) is 2.89. The summed E-state index contributed by atoms with van der Waals surface area (Å²) >= 11 is 0. The number of hydrogen-bond donors (Lipinski definition) is 1. The fourth-order valence-electron chi connectivity index (χ4n) is 3.69. The van der Waals surface area contributed by atoms with Crippen LogP contribution >= 0.6 is 0 Å². The molecule has 0 aliphatic heterocycles. The van der Waals surface area contributed by atoms with Crippen molar-refractivity contribution in [2.45, 2.75) is 12.5 Å². The Morgan fingerprint density at radius 3 is 2.16 bits per heavy atom. The fraction of sp³-hybridized carbons (Fsp3) is 0.160. The summed E-state index contributed by atoms with van der Waals surface area (Å²) in [6.45, 7) is 0. The van der Waals surface area contributed by atoms with Crippen molar-refractivity contribution in [3.63, 3.8) is 0 Å². The average molecular weight is 414 g/mol. The standard InChI is InChI=1S/C25H22N2O4/c1-30-17-9-7-8-16(14-17)15-22(25(29)31-2)27-24(28)23-18-10-3-5-12-20(18)26-21-13-6-4-11-19(21)23/h3-14,22H,15H2,1-2H3,(H,27,28)/t22-/m1/s1. The molecule has 0 spiro atoms. The highest BCUT2D eigenvalue weighted by Gasteiger charge is 2.25. The summed E-state index contributed by atoms with van der Waals surface area (Å²) in [5.41, 5.74) is 2.77. The zero-order chi connectivity index (χ0) is 21.8. The van der Waals surface area contributed by atoms with Crippen LogP contribution in [-0.4, -0.2) is 37.1 Å². The van der Waals surface area contributed by atoms with Crippen LogP contribution in [0.5, 0.6) is 5.75 Å². The zero-order valence-electron chi connectivity index (χ0n) is 17.3. The molecule has 4 rings (SSSR count). The summed E-state index contributed by atoms with van der Waals surface area (Å²) in [6.07, 6.45) is 0.274. The first kappa shape index (κ1) is 20.3. The molecule has 3 aromatic carbocycles. The van der Waals surface area contributed by atoms with Gasteiger partial charge in [0.1, 0.15) is 11.8 Å². The minimum Gasteiger partial charge on any atom is -0.497 e. The number of para-hydroxylation sites is 2. The highest BCUT2D eigenvalue weighted by Crippen LogP contribution is 2.26. The van der Waals surface area contributed by atoms with E-state index < -0.39 is 12.0 Å². The maximum Gasteiger partial charge on any atom is 0.328 e. The van der Waals surface area contributed by atoms with Crippen molar-refractivity contribution in [3.05, 3.63) is 83.9 Å². The summed E-state index contributed by atoms with van der Waals surface area (Å²) in [5.74, 6) is -0.189. The van der Waals surface area contributed by atoms with Gasteiger partial charge in [0.2, 0.25) is 0 Å². The fourth-order valence-corrected chi connectivity index (χ4v) is 3.69. The third-order valence-corrected chi connectivity index (χ3v) is 5.18. The maximum atomic E-state index is 13.4. The number of carbonyl (C=O) groups excluding carboxylic acids is 2. The number of esters is 1. The molecule has 1 aromatic heterocycles. The van der Waals surface area contributed by atoms with E-state index in [2.05, 4.69) is 10.3 Å². The minimum atomic E-state index is -0.852. The Hall–Kier alpha value is -3.93. The number of carbonyl (C=O) groups is 2. The Balaban J connectivity index is 1.73. The first-order chi connectivity index (χ1) is 15.1. The lowest BCUT2D eigenvalue weighted by Crippen LogP contribution is -2.43. The van der Waals surface area contributed by atoms with Gasteiger partial charge in [-0.15, -0.1) is 0 Å². The molecule has 0 fully saturated rings. The SMILES string of the molecule is COC(=O)[C@@H](Cc1cccc(OC)c1)NC(=O)c1c2ccccc2nc2ccccc12. The number of nitrogens with one attached hydrogen (secondary N) is 1. The van der Waals surface area contributed by atoms with Crippen LogP contribution in [0.25, 0.3) is 21.8 Å². The molecule has 0 aliphatic rings. The molecule has 1 amide bonds. The third kappa shape index (κ3) is 4.19. The number of benzene rings is 3. The van der Waals surface area contributed by atoms with Crippen LogP contribution in [0.4, 0.5) is 0 Å². The Labute approximate surface area is 179 Å². The average Bonchev–Trinajstić information content (AvgIpc) is 2.81. The minimum absolute atomic E-state index is 0.274. The van der Waals surface area contributed by atoms with Gasteiger partial charge in [-0.25, -0.2) is 9.78 Å². The molecular weight excluding hydrogens is 392 g/mol. The topological polar surface area (TPSA) is 77.5 Å². The number of amides is 1. The van der Waals surface area contributed by atoms with Gasteiger partial charge >= 0.3 is 5.97 Å². The molecule has 0 aliphatic carbocycles. The van der Waals surface area contributed by atoms with Gasteiger partial charge in [0, 0.05) is 17.2 Å². The van der Waals surface area contributed by atoms with E-state index in [4.69, 9.17) is 9.47 Å². The normalized spacial score (nSPS) is 11.8. The van der Waals surface area contributed by atoms with E-state index in [1.165, 1.54) is 7.11 Å². The Bertz CT molecular complexity index is 1210. The molecule has 6 nitrogen and oxygen atoms in total. The molecule has 6 heteroatoms. The van der Waals surface area contributed by atoms with Gasteiger partial charge in [-0.3, -0.25) is 4.79 Å². The predicted molar refractivity (Wildman–Crippen MR) is 119 cm³/mol. The summed E-state index contributed by atoms with van der Waals surface area (Å²) < 4.78 is 10.2. The van der Waals surface area contributed by atoms with Gasteiger partial charge < -0.3 is 14.8 Å². The molecule has 0 saturated heterocycles. The number of pyridine rings is 1. The van der Waals surface area contributed by atoms with E-state index in [-0.39, 0.29) is 12.3 Å². The molecular formula is C25H22N2O4. The number of aromatic nitrogens is 1. The third-order valence-electron chi connectivity index (χ3n) is 5.18. The van der Waals surface area contributed by atoms with Crippen molar-refractivity contribution < 1.29 is 19.1 Å². The largest absolute Gasteiger partial charge is 0.497 e. The second-order valence-corrected chi connectivity index (χ2v) is 7.13. The molecule has 0 unspecified atom stereocenters. The van der Waals surface area contributed by atoms with Crippen molar-refractivity contribution in [1.82, 2.24) is 10.3 Å². The van der Waals surface area contributed by atoms with E-state index >= 15 is 0 Å². The first-order valence-corrected chi connectivity index (χ1v) is 9.90. The molecule has 1 atom stereocenters. The van der Waals surface area contributed by atoms with Crippen molar-refractivity contribution in [2.75, 3.05) is 14.2 Å². The van der Waals surface area contributed by atoms with Gasteiger partial charge in [-0.05, 0) is 29.8 Å². The van der Waals surface area contributed by atoms with Crippen LogP contribution < -0.4 is 10.1 Å². The van der Waals surface area contributed by atoms with E-state index in [9.17, 15) is 9.59 Å². The number of hydrogen-bond acceptors (Lipinski definition) is 5. The Morgan fingerprint density at radius 2 is 1.55 bits per heavy atom. The van der Waals surface area contributed by atoms with Crippen LogP contribution in [0.2, 0.25) is 0 Å². The summed E-state index contributed by atoms with van der Waals surface area (Å²) in [5, 5.41) is 4.32. The van der Waals surface area contributed by atoms with Crippen molar-refractivity contribution in [2.24, 2.45) is 0 Å². The molecule has 4 aromatic rings. The van der Waals surface area contributed by atoms with Gasteiger partial charge in [-0.2, -0.15) is 0 Å². The second kappa shape index (κ2) is 8.83. The lowest BCUT2D eigenvalue weighted by molar-refractivity contribution is -0.142. The zero-order valence-corrected chi connectivity index (χ0v) is 17.3. The highest BCUT2D eigenvalue weighted by atomic mass is 16.5. The number of nitrogens with zero attached hydrogens (tertiary/aromatic N) is 1. The molecule has 1 N–H and O–H groups in total. The van der Waals surface area contributed by atoms with E-state index in [1.54, 1.807) is 7.11 Å². The quantitative estimate of drug-likeness (QED) is 0.382. The molecule has 0 bridgehead atoms. The van der Waals surface area contributed by atoms with E-state index in [1.807, 2.05) is 72.8 Å². The Kier molecular flexibility index (Phi) is 5.80. The lowest BCUT2D eigenvalue weighted by atomic mass is 10.0. The van der Waals surface area contributed by atoms with Gasteiger partial charge in [0.05, 0.1) is 30.8 Å². The van der Waals surface area contributed by atoms with Gasteiger partial charge in [0.25, 0.3) is 5.91 Å². The monoisotopic (exact) mass is 414 g/mol. The first-order valence-electron chi connectivity index (χ1n) is 9.90. The Morgan fingerprint density at radius 1 is 0.903 bits per heavy atom. The van der Waals surface area contributed by atoms with Crippen LogP contribution in [0.1, 0.15) is 15.9 Å². The van der Waals surface area contributed by atoms with Crippen LogP contribution in [0.15, 0.2) is 72.8 Å². The van der Waals surface area contributed by atoms with Crippen LogP contribution in [0, 0.1) is 0 Å². The predicted octanol–water partition coefficient (Wildman–Crippen LogP) is 3.91. The van der Waals surface area contributed by atoms with Gasteiger partial charge in [-0.1, -0.05) is 48.5 Å². The number of rotatable bonds is 6.